The van der Waals surface area contributed by atoms with E-state index in [2.05, 4.69) is 109 Å². The van der Waals surface area contributed by atoms with E-state index < -0.39 is 0 Å². The highest BCUT2D eigenvalue weighted by Gasteiger charge is 2.63. The van der Waals surface area contributed by atoms with Crippen LogP contribution >= 0.6 is 0 Å². The minimum Gasteiger partial charge on any atom is -0.346 e. The van der Waals surface area contributed by atoms with Crippen LogP contribution in [-0.2, 0) is 5.41 Å². The van der Waals surface area contributed by atoms with Crippen LogP contribution in [0.15, 0.2) is 78.9 Å². The molecule has 2 nitrogen and oxygen atoms in total. The van der Waals surface area contributed by atoms with E-state index in [1.807, 2.05) is 0 Å². The van der Waals surface area contributed by atoms with Crippen LogP contribution in [0.3, 0.4) is 0 Å². The summed E-state index contributed by atoms with van der Waals surface area (Å²) in [6.45, 7) is 7.15. The Balaban J connectivity index is 1.61. The monoisotopic (exact) mass is 422 g/mol. The fourth-order valence-corrected chi connectivity index (χ4v) is 7.64. The third-order valence-electron chi connectivity index (χ3n) is 8.74. The van der Waals surface area contributed by atoms with Gasteiger partial charge in [-0.15, -0.1) is 0 Å². The summed E-state index contributed by atoms with van der Waals surface area (Å²) in [5, 5.41) is 0. The molecule has 2 heteroatoms. The first-order valence-corrected chi connectivity index (χ1v) is 12.4. The van der Waals surface area contributed by atoms with E-state index in [4.69, 9.17) is 0 Å². The molecule has 3 aromatic rings. The van der Waals surface area contributed by atoms with Crippen molar-refractivity contribution in [3.63, 3.8) is 0 Å². The van der Waals surface area contributed by atoms with Crippen molar-refractivity contribution >= 4 is 11.4 Å². The average molecular weight is 423 g/mol. The molecule has 0 bridgehead atoms. The number of aryl methyl sites for hydroxylation is 1. The second kappa shape index (κ2) is 7.40. The first-order chi connectivity index (χ1) is 15.7. The van der Waals surface area contributed by atoms with Crippen molar-refractivity contribution in [2.45, 2.75) is 70.1 Å². The molecule has 2 aliphatic heterocycles. The van der Waals surface area contributed by atoms with Gasteiger partial charge in [0.2, 0.25) is 0 Å². The van der Waals surface area contributed by atoms with E-state index in [1.165, 1.54) is 48.2 Å². The molecule has 3 aromatic carbocycles. The molecule has 6 rings (SSSR count). The molecular formula is C30H34N2. The Kier molecular flexibility index (Phi) is 4.61. The first-order valence-electron chi connectivity index (χ1n) is 12.4. The minimum atomic E-state index is 0.0411. The Bertz CT molecular complexity index is 1120. The van der Waals surface area contributed by atoms with Crippen LogP contribution in [-0.4, -0.2) is 18.2 Å². The molecule has 0 amide bonds. The van der Waals surface area contributed by atoms with Crippen molar-refractivity contribution in [3.05, 3.63) is 95.6 Å². The Morgan fingerprint density at radius 3 is 2.06 bits per heavy atom. The Hall–Kier alpha value is -2.74. The molecule has 1 saturated carbocycles. The molecule has 1 aliphatic carbocycles. The van der Waals surface area contributed by atoms with Gasteiger partial charge in [0.15, 0.2) is 0 Å². The van der Waals surface area contributed by atoms with Crippen molar-refractivity contribution in [1.29, 1.82) is 0 Å². The van der Waals surface area contributed by atoms with Crippen molar-refractivity contribution < 1.29 is 0 Å². The van der Waals surface area contributed by atoms with Crippen LogP contribution < -0.4 is 9.80 Å². The lowest BCUT2D eigenvalue weighted by atomic mass is 9.61. The molecule has 1 saturated heterocycles. The standard InChI is InChI=1S/C30H34N2/c1-21-13-7-11-19-27(21)31-22(2)29-30(25-16-8-9-17-25,24-14-5-4-6-15-24)26-18-10-12-20-28(26)32(29)23(31)3/h4-7,10-15,18-20,22-23,25,29H,8-9,16-17H2,1-3H3/t22-,23?,29?,30?/m0/s1. The summed E-state index contributed by atoms with van der Waals surface area (Å²) in [7, 11) is 0. The Labute approximate surface area is 192 Å². The van der Waals surface area contributed by atoms with Crippen LogP contribution in [0, 0.1) is 12.8 Å². The van der Waals surface area contributed by atoms with E-state index in [9.17, 15) is 0 Å². The molecule has 0 radical (unpaired) electrons. The zero-order valence-electron chi connectivity index (χ0n) is 19.5. The topological polar surface area (TPSA) is 6.48 Å². The first kappa shape index (κ1) is 19.9. The third-order valence-corrected chi connectivity index (χ3v) is 8.74. The molecule has 0 N–H and O–H groups in total. The van der Waals surface area contributed by atoms with Crippen molar-refractivity contribution in [2.75, 3.05) is 9.80 Å². The lowest BCUT2D eigenvalue weighted by Gasteiger charge is -2.44. The largest absolute Gasteiger partial charge is 0.346 e. The van der Waals surface area contributed by atoms with Crippen molar-refractivity contribution in [2.24, 2.45) is 5.92 Å². The Morgan fingerprint density at radius 2 is 1.34 bits per heavy atom. The highest BCUT2D eigenvalue weighted by atomic mass is 15.5. The number of anilines is 2. The van der Waals surface area contributed by atoms with Gasteiger partial charge < -0.3 is 9.80 Å². The lowest BCUT2D eigenvalue weighted by molar-refractivity contribution is 0.276. The van der Waals surface area contributed by atoms with Gasteiger partial charge in [-0.2, -0.15) is 0 Å². The second-order valence-corrected chi connectivity index (χ2v) is 10.2. The lowest BCUT2D eigenvalue weighted by Crippen LogP contribution is -2.52. The molecular weight excluding hydrogens is 388 g/mol. The summed E-state index contributed by atoms with van der Waals surface area (Å²) in [5.41, 5.74) is 7.31. The smallest absolute Gasteiger partial charge is 0.0994 e. The Morgan fingerprint density at radius 1 is 0.719 bits per heavy atom. The molecule has 3 aliphatic rings. The summed E-state index contributed by atoms with van der Waals surface area (Å²) in [6.07, 6.45) is 5.71. The number of para-hydroxylation sites is 2. The molecule has 0 spiro atoms. The maximum atomic E-state index is 2.78. The molecule has 3 unspecified atom stereocenters. The van der Waals surface area contributed by atoms with E-state index in [-0.39, 0.29) is 5.41 Å². The number of hydrogen-bond donors (Lipinski definition) is 0. The molecule has 0 aromatic heterocycles. The molecule has 2 fully saturated rings. The van der Waals surface area contributed by atoms with Crippen LogP contribution in [0.4, 0.5) is 11.4 Å². The molecule has 164 valence electrons. The summed E-state index contributed by atoms with van der Waals surface area (Å²) < 4.78 is 0. The third kappa shape index (κ3) is 2.53. The maximum Gasteiger partial charge on any atom is 0.0994 e. The van der Waals surface area contributed by atoms with Gasteiger partial charge in [0, 0.05) is 22.8 Å². The zero-order valence-corrected chi connectivity index (χ0v) is 19.5. The minimum absolute atomic E-state index is 0.0411. The van der Waals surface area contributed by atoms with Gasteiger partial charge in [0.05, 0.1) is 12.2 Å². The normalized spacial score (nSPS) is 29.4. The van der Waals surface area contributed by atoms with E-state index >= 15 is 0 Å². The molecule has 32 heavy (non-hydrogen) atoms. The number of rotatable bonds is 3. The van der Waals surface area contributed by atoms with Gasteiger partial charge in [-0.3, -0.25) is 0 Å². The number of hydrogen-bond acceptors (Lipinski definition) is 2. The highest BCUT2D eigenvalue weighted by molar-refractivity contribution is 5.74. The fraction of sp³-hybridized carbons (Fsp3) is 0.400. The summed E-state index contributed by atoms with van der Waals surface area (Å²) >= 11 is 0. The highest BCUT2D eigenvalue weighted by Crippen LogP contribution is 2.61. The van der Waals surface area contributed by atoms with E-state index in [0.29, 0.717) is 24.2 Å². The van der Waals surface area contributed by atoms with Gasteiger partial charge in [0.25, 0.3) is 0 Å². The molecule has 4 atom stereocenters. The van der Waals surface area contributed by atoms with E-state index in [0.717, 1.165) is 0 Å². The summed E-state index contributed by atoms with van der Waals surface area (Å²) in [5.74, 6) is 0.688. The van der Waals surface area contributed by atoms with Crippen molar-refractivity contribution in [3.8, 4) is 0 Å². The molecule has 2 heterocycles. The quantitative estimate of drug-likeness (QED) is 0.452. The second-order valence-electron chi connectivity index (χ2n) is 10.2. The van der Waals surface area contributed by atoms with Crippen LogP contribution in [0.1, 0.15) is 56.2 Å². The number of fused-ring (bicyclic) bond motifs is 3. The average Bonchev–Trinajstić information content (AvgIpc) is 3.51. The van der Waals surface area contributed by atoms with Crippen LogP contribution in [0.5, 0.6) is 0 Å². The number of nitrogens with zero attached hydrogens (tertiary/aromatic N) is 2. The van der Waals surface area contributed by atoms with Crippen molar-refractivity contribution in [1.82, 2.24) is 0 Å². The van der Waals surface area contributed by atoms with E-state index in [1.54, 1.807) is 5.56 Å². The van der Waals surface area contributed by atoms with Crippen LogP contribution in [0.2, 0.25) is 0 Å². The van der Waals surface area contributed by atoms with Gasteiger partial charge in [-0.25, -0.2) is 0 Å². The predicted octanol–water partition coefficient (Wildman–Crippen LogP) is 6.91. The fourth-order valence-electron chi connectivity index (χ4n) is 7.64. The van der Waals surface area contributed by atoms with Gasteiger partial charge in [-0.1, -0.05) is 79.6 Å². The van der Waals surface area contributed by atoms with Gasteiger partial charge in [-0.05, 0) is 68.4 Å². The zero-order chi connectivity index (χ0) is 21.9. The summed E-state index contributed by atoms with van der Waals surface area (Å²) in [6, 6.07) is 30.6. The SMILES string of the molecule is Cc1ccccc1N1C(C)N2c3ccccc3C(c3ccccc3)(C3CCCC3)C2[C@@H]1C. The van der Waals surface area contributed by atoms with Gasteiger partial charge >= 0.3 is 0 Å². The predicted molar refractivity (Wildman–Crippen MR) is 134 cm³/mol. The maximum absolute atomic E-state index is 2.78. The summed E-state index contributed by atoms with van der Waals surface area (Å²) in [4.78, 5) is 5.47. The van der Waals surface area contributed by atoms with Gasteiger partial charge in [0.1, 0.15) is 0 Å². The number of benzene rings is 3. The van der Waals surface area contributed by atoms with Crippen LogP contribution in [0.25, 0.3) is 0 Å².